The molecular weight excluding hydrogens is 298 g/mol. The van der Waals surface area contributed by atoms with Gasteiger partial charge in [0.05, 0.1) is 29.9 Å². The quantitative estimate of drug-likeness (QED) is 0.764. The summed E-state index contributed by atoms with van der Waals surface area (Å²) in [6.07, 6.45) is 0.597. The molecule has 2 amide bonds. The number of benzene rings is 1. The number of carbonyl (C=O) groups excluding carboxylic acids is 1. The van der Waals surface area contributed by atoms with Crippen LogP contribution in [0, 0.1) is 13.8 Å². The van der Waals surface area contributed by atoms with Gasteiger partial charge in [0.2, 0.25) is 0 Å². The molecule has 0 radical (unpaired) electrons. The average Bonchev–Trinajstić information content (AvgIpc) is 2.83. The van der Waals surface area contributed by atoms with Gasteiger partial charge in [-0.15, -0.1) is 11.3 Å². The van der Waals surface area contributed by atoms with Crippen LogP contribution in [-0.4, -0.2) is 28.8 Å². The van der Waals surface area contributed by atoms with Crippen LogP contribution in [0.1, 0.15) is 21.1 Å². The van der Waals surface area contributed by atoms with Crippen molar-refractivity contribution in [2.24, 2.45) is 0 Å². The summed E-state index contributed by atoms with van der Waals surface area (Å²) in [7, 11) is 0. The lowest BCUT2D eigenvalue weighted by Gasteiger charge is -2.16. The smallest absolute Gasteiger partial charge is 0.315 e. The van der Waals surface area contributed by atoms with E-state index in [4.69, 9.17) is 0 Å². The number of aryl methyl sites for hydroxylation is 2. The van der Waals surface area contributed by atoms with E-state index in [1.165, 1.54) is 0 Å². The maximum Gasteiger partial charge on any atom is 0.315 e. The Hall–Kier alpha value is -1.92. The molecule has 2 rings (SSSR count). The molecule has 0 saturated heterocycles. The zero-order valence-electron chi connectivity index (χ0n) is 12.8. The topological polar surface area (TPSA) is 74.2 Å². The van der Waals surface area contributed by atoms with E-state index in [9.17, 15) is 9.90 Å². The minimum absolute atomic E-state index is 0.100. The van der Waals surface area contributed by atoms with Crippen LogP contribution in [0.4, 0.5) is 4.79 Å². The predicted octanol–water partition coefficient (Wildman–Crippen LogP) is 2.16. The normalized spacial score (nSPS) is 12.0. The van der Waals surface area contributed by atoms with Crippen molar-refractivity contribution in [2.75, 3.05) is 6.61 Å². The molecule has 22 heavy (non-hydrogen) atoms. The SMILES string of the molecule is Cc1nc(CNC(=O)N[C@H](CO)Cc2ccccc2)c(C)s1. The van der Waals surface area contributed by atoms with Gasteiger partial charge in [0, 0.05) is 4.88 Å². The number of hydrogen-bond acceptors (Lipinski definition) is 4. The number of carbonyl (C=O) groups is 1. The third kappa shape index (κ3) is 4.82. The molecule has 0 aliphatic rings. The number of rotatable bonds is 6. The molecule has 0 fully saturated rings. The molecule has 6 heteroatoms. The Bertz CT molecular complexity index is 613. The zero-order chi connectivity index (χ0) is 15.9. The Morgan fingerprint density at radius 3 is 2.64 bits per heavy atom. The van der Waals surface area contributed by atoms with Crippen molar-refractivity contribution < 1.29 is 9.90 Å². The van der Waals surface area contributed by atoms with Gasteiger partial charge in [-0.1, -0.05) is 30.3 Å². The molecule has 0 unspecified atom stereocenters. The highest BCUT2D eigenvalue weighted by molar-refractivity contribution is 7.11. The van der Waals surface area contributed by atoms with E-state index < -0.39 is 0 Å². The Morgan fingerprint density at radius 2 is 2.05 bits per heavy atom. The van der Waals surface area contributed by atoms with E-state index in [1.807, 2.05) is 44.2 Å². The first-order valence-electron chi connectivity index (χ1n) is 7.20. The van der Waals surface area contributed by atoms with Crippen LogP contribution in [0.2, 0.25) is 0 Å². The second kappa shape index (κ2) is 7.91. The van der Waals surface area contributed by atoms with Gasteiger partial charge >= 0.3 is 6.03 Å². The molecule has 0 saturated carbocycles. The Morgan fingerprint density at radius 1 is 1.32 bits per heavy atom. The number of amides is 2. The molecule has 0 bridgehead atoms. The van der Waals surface area contributed by atoms with Crippen molar-refractivity contribution in [2.45, 2.75) is 32.9 Å². The molecule has 1 aromatic carbocycles. The summed E-state index contributed by atoms with van der Waals surface area (Å²) in [4.78, 5) is 17.4. The molecule has 2 aromatic rings. The summed E-state index contributed by atoms with van der Waals surface area (Å²) in [6, 6.07) is 9.18. The summed E-state index contributed by atoms with van der Waals surface area (Å²) in [5.74, 6) is 0. The van der Waals surface area contributed by atoms with Crippen molar-refractivity contribution >= 4 is 17.4 Å². The molecule has 0 aliphatic heterocycles. The van der Waals surface area contributed by atoms with Crippen molar-refractivity contribution in [3.8, 4) is 0 Å². The highest BCUT2D eigenvalue weighted by Gasteiger charge is 2.13. The van der Waals surface area contributed by atoms with Crippen LogP contribution < -0.4 is 10.6 Å². The second-order valence-corrected chi connectivity index (χ2v) is 6.54. The van der Waals surface area contributed by atoms with E-state index in [0.29, 0.717) is 13.0 Å². The van der Waals surface area contributed by atoms with E-state index in [2.05, 4.69) is 15.6 Å². The summed E-state index contributed by atoms with van der Waals surface area (Å²) in [5, 5.41) is 16.0. The maximum absolute atomic E-state index is 11.9. The zero-order valence-corrected chi connectivity index (χ0v) is 13.6. The van der Waals surface area contributed by atoms with Crippen LogP contribution in [0.3, 0.4) is 0 Å². The third-order valence-corrected chi connectivity index (χ3v) is 4.23. The molecule has 118 valence electrons. The number of nitrogens with one attached hydrogen (secondary N) is 2. The van der Waals surface area contributed by atoms with Gasteiger partial charge in [-0.3, -0.25) is 0 Å². The Kier molecular flexibility index (Phi) is 5.91. The van der Waals surface area contributed by atoms with Crippen molar-refractivity contribution in [3.63, 3.8) is 0 Å². The molecule has 0 aliphatic carbocycles. The first kappa shape index (κ1) is 16.5. The number of hydrogen-bond donors (Lipinski definition) is 3. The van der Waals surface area contributed by atoms with Gasteiger partial charge in [-0.2, -0.15) is 0 Å². The predicted molar refractivity (Wildman–Crippen MR) is 88.0 cm³/mol. The van der Waals surface area contributed by atoms with Gasteiger partial charge in [0.15, 0.2) is 0 Å². The van der Waals surface area contributed by atoms with Gasteiger partial charge < -0.3 is 15.7 Å². The summed E-state index contributed by atoms with van der Waals surface area (Å²) >= 11 is 1.62. The molecule has 0 spiro atoms. The summed E-state index contributed by atoms with van der Waals surface area (Å²) in [6.45, 7) is 4.23. The molecule has 1 atom stereocenters. The van der Waals surface area contributed by atoms with Gasteiger partial charge in [0.1, 0.15) is 0 Å². The van der Waals surface area contributed by atoms with E-state index in [0.717, 1.165) is 21.1 Å². The lowest BCUT2D eigenvalue weighted by Crippen LogP contribution is -2.44. The molecular formula is C16H21N3O2S. The van der Waals surface area contributed by atoms with E-state index in [1.54, 1.807) is 11.3 Å². The standard InChI is InChI=1S/C16H21N3O2S/c1-11-15(18-12(2)22-11)9-17-16(21)19-14(10-20)8-13-6-4-3-5-7-13/h3-7,14,20H,8-10H2,1-2H3,(H2,17,19,21)/t14-/m0/s1. The van der Waals surface area contributed by atoms with Crippen molar-refractivity contribution in [1.29, 1.82) is 0 Å². The summed E-state index contributed by atoms with van der Waals surface area (Å²) < 4.78 is 0. The van der Waals surface area contributed by atoms with Crippen LogP contribution in [0.15, 0.2) is 30.3 Å². The van der Waals surface area contributed by atoms with E-state index in [-0.39, 0.29) is 18.7 Å². The highest BCUT2D eigenvalue weighted by Crippen LogP contribution is 2.15. The van der Waals surface area contributed by atoms with Crippen molar-refractivity contribution in [3.05, 3.63) is 51.5 Å². The minimum atomic E-state index is -0.305. The molecule has 3 N–H and O–H groups in total. The summed E-state index contributed by atoms with van der Waals surface area (Å²) in [5.41, 5.74) is 1.97. The first-order chi connectivity index (χ1) is 10.6. The number of nitrogens with zero attached hydrogens (tertiary/aromatic N) is 1. The molecule has 1 aromatic heterocycles. The fourth-order valence-corrected chi connectivity index (χ4v) is 3.03. The largest absolute Gasteiger partial charge is 0.394 e. The van der Waals surface area contributed by atoms with E-state index >= 15 is 0 Å². The fourth-order valence-electron chi connectivity index (χ4n) is 2.20. The van der Waals surface area contributed by atoms with Crippen LogP contribution in [0.25, 0.3) is 0 Å². The molecule has 1 heterocycles. The molecule has 5 nitrogen and oxygen atoms in total. The van der Waals surface area contributed by atoms with Gasteiger partial charge in [-0.05, 0) is 25.8 Å². The average molecular weight is 319 g/mol. The monoisotopic (exact) mass is 319 g/mol. The number of urea groups is 1. The van der Waals surface area contributed by atoms with Gasteiger partial charge in [-0.25, -0.2) is 9.78 Å². The Balaban J connectivity index is 1.83. The maximum atomic E-state index is 11.9. The number of thiazole rings is 1. The number of aliphatic hydroxyl groups excluding tert-OH is 1. The van der Waals surface area contributed by atoms with Crippen LogP contribution >= 0.6 is 11.3 Å². The number of aliphatic hydroxyl groups is 1. The lowest BCUT2D eigenvalue weighted by molar-refractivity contribution is 0.215. The van der Waals surface area contributed by atoms with Crippen molar-refractivity contribution in [1.82, 2.24) is 15.6 Å². The third-order valence-electron chi connectivity index (χ3n) is 3.30. The Labute approximate surface area is 134 Å². The lowest BCUT2D eigenvalue weighted by atomic mass is 10.1. The van der Waals surface area contributed by atoms with Crippen LogP contribution in [-0.2, 0) is 13.0 Å². The highest BCUT2D eigenvalue weighted by atomic mass is 32.1. The second-order valence-electron chi connectivity index (χ2n) is 5.13. The van der Waals surface area contributed by atoms with Crippen LogP contribution in [0.5, 0.6) is 0 Å². The first-order valence-corrected chi connectivity index (χ1v) is 8.02. The minimum Gasteiger partial charge on any atom is -0.394 e. The fraction of sp³-hybridized carbons (Fsp3) is 0.375. The van der Waals surface area contributed by atoms with Gasteiger partial charge in [0.25, 0.3) is 0 Å². The number of aromatic nitrogens is 1.